The van der Waals surface area contributed by atoms with Crippen LogP contribution in [0, 0.1) is 0 Å². The van der Waals surface area contributed by atoms with E-state index in [0.717, 1.165) is 11.3 Å². The van der Waals surface area contributed by atoms with Gasteiger partial charge in [0.2, 0.25) is 5.75 Å². The molecule has 7 nitrogen and oxygen atoms in total. The predicted molar refractivity (Wildman–Crippen MR) is 99.7 cm³/mol. The van der Waals surface area contributed by atoms with Gasteiger partial charge in [-0.05, 0) is 43.3 Å². The summed E-state index contributed by atoms with van der Waals surface area (Å²) in [7, 11) is 4.67. The molecular formula is C19H22N2O5. The first-order chi connectivity index (χ1) is 12.6. The molecule has 138 valence electrons. The Kier molecular flexibility index (Phi) is 6.84. The maximum Gasteiger partial charge on any atom is 0.338 e. The lowest BCUT2D eigenvalue weighted by molar-refractivity contribution is 0.0526. The Morgan fingerprint density at radius 3 is 2.15 bits per heavy atom. The van der Waals surface area contributed by atoms with Crippen LogP contribution in [0.4, 0.5) is 5.69 Å². The zero-order chi connectivity index (χ0) is 18.9. The van der Waals surface area contributed by atoms with Crippen molar-refractivity contribution in [2.24, 2.45) is 5.10 Å². The Balaban J connectivity index is 2.09. The molecule has 2 rings (SSSR count). The summed E-state index contributed by atoms with van der Waals surface area (Å²) >= 11 is 0. The van der Waals surface area contributed by atoms with Gasteiger partial charge in [-0.2, -0.15) is 5.10 Å². The quantitative estimate of drug-likeness (QED) is 0.443. The van der Waals surface area contributed by atoms with Gasteiger partial charge in [0.15, 0.2) is 11.5 Å². The predicted octanol–water partition coefficient (Wildman–Crippen LogP) is 3.34. The first kappa shape index (κ1) is 19.1. The molecule has 26 heavy (non-hydrogen) atoms. The Labute approximate surface area is 152 Å². The molecule has 0 atom stereocenters. The number of anilines is 1. The summed E-state index contributed by atoms with van der Waals surface area (Å²) in [4.78, 5) is 11.6. The van der Waals surface area contributed by atoms with Crippen LogP contribution < -0.4 is 19.6 Å². The van der Waals surface area contributed by atoms with Crippen molar-refractivity contribution in [1.82, 2.24) is 0 Å². The van der Waals surface area contributed by atoms with E-state index in [2.05, 4.69) is 10.5 Å². The number of benzene rings is 2. The highest BCUT2D eigenvalue weighted by atomic mass is 16.5. The fourth-order valence-electron chi connectivity index (χ4n) is 2.25. The Bertz CT molecular complexity index is 747. The second kappa shape index (κ2) is 9.31. The number of ether oxygens (including phenoxy) is 4. The Morgan fingerprint density at radius 1 is 1.04 bits per heavy atom. The molecule has 0 amide bonds. The van der Waals surface area contributed by atoms with E-state index in [1.54, 1.807) is 70.9 Å². The molecule has 0 radical (unpaired) electrons. The lowest BCUT2D eigenvalue weighted by Gasteiger charge is -2.12. The van der Waals surface area contributed by atoms with E-state index in [1.165, 1.54) is 0 Å². The molecule has 2 aromatic rings. The van der Waals surface area contributed by atoms with Crippen molar-refractivity contribution in [3.05, 3.63) is 47.5 Å². The third-order valence-corrected chi connectivity index (χ3v) is 3.49. The standard InChI is InChI=1S/C19H22N2O5/c1-5-26-19(22)14-6-8-15(9-7-14)21-20-12-13-10-16(23-2)18(25-4)17(11-13)24-3/h6-12,21H,5H2,1-4H3. The number of methoxy groups -OCH3 is 3. The van der Waals surface area contributed by atoms with Gasteiger partial charge >= 0.3 is 5.97 Å². The van der Waals surface area contributed by atoms with Crippen LogP contribution in [-0.4, -0.2) is 40.1 Å². The van der Waals surface area contributed by atoms with Gasteiger partial charge in [-0.3, -0.25) is 5.43 Å². The second-order valence-corrected chi connectivity index (χ2v) is 5.13. The van der Waals surface area contributed by atoms with Crippen molar-refractivity contribution in [3.8, 4) is 17.2 Å². The summed E-state index contributed by atoms with van der Waals surface area (Å²) in [6, 6.07) is 10.4. The number of carbonyl (C=O) groups excluding carboxylic acids is 1. The van der Waals surface area contributed by atoms with Gasteiger partial charge in [-0.25, -0.2) is 4.79 Å². The van der Waals surface area contributed by atoms with Crippen LogP contribution in [0.3, 0.4) is 0 Å². The minimum atomic E-state index is -0.347. The van der Waals surface area contributed by atoms with Crippen molar-refractivity contribution in [3.63, 3.8) is 0 Å². The minimum Gasteiger partial charge on any atom is -0.493 e. The first-order valence-corrected chi connectivity index (χ1v) is 7.99. The molecule has 0 saturated carbocycles. The normalized spacial score (nSPS) is 10.5. The highest BCUT2D eigenvalue weighted by Crippen LogP contribution is 2.37. The van der Waals surface area contributed by atoms with Crippen LogP contribution in [0.25, 0.3) is 0 Å². The van der Waals surface area contributed by atoms with E-state index in [0.29, 0.717) is 29.4 Å². The number of nitrogens with zero attached hydrogens (tertiary/aromatic N) is 1. The zero-order valence-corrected chi connectivity index (χ0v) is 15.2. The third-order valence-electron chi connectivity index (χ3n) is 3.49. The molecule has 1 N–H and O–H groups in total. The Morgan fingerprint density at radius 2 is 1.65 bits per heavy atom. The topological polar surface area (TPSA) is 78.4 Å². The minimum absolute atomic E-state index is 0.345. The van der Waals surface area contributed by atoms with Gasteiger partial charge in [0, 0.05) is 5.56 Å². The average Bonchev–Trinajstić information content (AvgIpc) is 2.67. The van der Waals surface area contributed by atoms with Gasteiger partial charge in [0.25, 0.3) is 0 Å². The van der Waals surface area contributed by atoms with E-state index < -0.39 is 0 Å². The maximum atomic E-state index is 11.6. The lowest BCUT2D eigenvalue weighted by atomic mass is 10.2. The summed E-state index contributed by atoms with van der Waals surface area (Å²) < 4.78 is 20.9. The number of carbonyl (C=O) groups is 1. The summed E-state index contributed by atoms with van der Waals surface area (Å²) in [6.45, 7) is 2.11. The highest BCUT2D eigenvalue weighted by Gasteiger charge is 2.12. The molecule has 0 aromatic heterocycles. The van der Waals surface area contributed by atoms with E-state index in [9.17, 15) is 4.79 Å². The molecule has 0 unspecified atom stereocenters. The van der Waals surface area contributed by atoms with Crippen LogP contribution in [0.15, 0.2) is 41.5 Å². The number of hydrogen-bond donors (Lipinski definition) is 1. The lowest BCUT2D eigenvalue weighted by Crippen LogP contribution is -2.04. The largest absolute Gasteiger partial charge is 0.493 e. The molecule has 0 bridgehead atoms. The van der Waals surface area contributed by atoms with Gasteiger partial charge in [0.1, 0.15) is 0 Å². The fourth-order valence-corrected chi connectivity index (χ4v) is 2.25. The molecule has 2 aromatic carbocycles. The van der Waals surface area contributed by atoms with E-state index in [4.69, 9.17) is 18.9 Å². The average molecular weight is 358 g/mol. The van der Waals surface area contributed by atoms with E-state index in [1.807, 2.05) is 0 Å². The monoisotopic (exact) mass is 358 g/mol. The van der Waals surface area contributed by atoms with E-state index >= 15 is 0 Å². The summed E-state index contributed by atoms with van der Waals surface area (Å²) in [6.07, 6.45) is 1.63. The number of hydrogen-bond acceptors (Lipinski definition) is 7. The Hall–Kier alpha value is -3.22. The van der Waals surface area contributed by atoms with Crippen LogP contribution >= 0.6 is 0 Å². The van der Waals surface area contributed by atoms with Crippen LogP contribution in [0.2, 0.25) is 0 Å². The second-order valence-electron chi connectivity index (χ2n) is 5.13. The van der Waals surface area contributed by atoms with Gasteiger partial charge < -0.3 is 18.9 Å². The van der Waals surface area contributed by atoms with Crippen molar-refractivity contribution in [2.45, 2.75) is 6.92 Å². The summed E-state index contributed by atoms with van der Waals surface area (Å²) in [5, 5.41) is 4.19. The van der Waals surface area contributed by atoms with Gasteiger partial charge in [-0.1, -0.05) is 0 Å². The molecule has 0 aliphatic carbocycles. The van der Waals surface area contributed by atoms with Gasteiger partial charge in [0.05, 0.1) is 45.4 Å². The van der Waals surface area contributed by atoms with Crippen molar-refractivity contribution >= 4 is 17.9 Å². The van der Waals surface area contributed by atoms with Crippen LogP contribution in [-0.2, 0) is 4.74 Å². The molecule has 0 fully saturated rings. The molecule has 0 heterocycles. The fraction of sp³-hybridized carbons (Fsp3) is 0.263. The zero-order valence-electron chi connectivity index (χ0n) is 15.2. The first-order valence-electron chi connectivity index (χ1n) is 7.99. The number of nitrogens with one attached hydrogen (secondary N) is 1. The van der Waals surface area contributed by atoms with Gasteiger partial charge in [-0.15, -0.1) is 0 Å². The van der Waals surface area contributed by atoms with Crippen LogP contribution in [0.1, 0.15) is 22.8 Å². The van der Waals surface area contributed by atoms with Crippen molar-refractivity contribution in [2.75, 3.05) is 33.4 Å². The summed E-state index contributed by atoms with van der Waals surface area (Å²) in [5.41, 5.74) is 4.90. The molecule has 0 spiro atoms. The number of hydrazone groups is 1. The summed E-state index contributed by atoms with van der Waals surface area (Å²) in [5.74, 6) is 1.27. The smallest absolute Gasteiger partial charge is 0.338 e. The third kappa shape index (κ3) is 4.66. The highest BCUT2D eigenvalue weighted by molar-refractivity contribution is 5.89. The van der Waals surface area contributed by atoms with Crippen LogP contribution in [0.5, 0.6) is 17.2 Å². The SMILES string of the molecule is CCOC(=O)c1ccc(NN=Cc2cc(OC)c(OC)c(OC)c2)cc1. The molecule has 0 aliphatic rings. The molecule has 7 heteroatoms. The molecule has 0 aliphatic heterocycles. The van der Waals surface area contributed by atoms with E-state index in [-0.39, 0.29) is 5.97 Å². The van der Waals surface area contributed by atoms with Crippen molar-refractivity contribution in [1.29, 1.82) is 0 Å². The molecular weight excluding hydrogens is 336 g/mol. The number of esters is 1. The molecule has 0 saturated heterocycles. The van der Waals surface area contributed by atoms with Crippen molar-refractivity contribution < 1.29 is 23.7 Å². The maximum absolute atomic E-state index is 11.6. The number of rotatable bonds is 8.